The molecule has 24 heavy (non-hydrogen) atoms. The number of esters is 1. The van der Waals surface area contributed by atoms with E-state index in [4.69, 9.17) is 4.74 Å². The second kappa shape index (κ2) is 8.43. The zero-order chi connectivity index (χ0) is 18.5. The molecule has 1 fully saturated rings. The highest BCUT2D eigenvalue weighted by Crippen LogP contribution is 2.20. The first-order chi connectivity index (χ1) is 11.2. The average Bonchev–Trinajstić information content (AvgIpc) is 2.53. The van der Waals surface area contributed by atoms with Crippen LogP contribution in [0.3, 0.4) is 0 Å². The summed E-state index contributed by atoms with van der Waals surface area (Å²) in [5.41, 5.74) is 2.01. The maximum atomic E-state index is 12.6. The van der Waals surface area contributed by atoms with Gasteiger partial charge in [0.15, 0.2) is 0 Å². The second-order valence-corrected chi connectivity index (χ2v) is 6.77. The molecule has 8 heteroatoms. The van der Waals surface area contributed by atoms with E-state index in [0.717, 1.165) is 0 Å². The molecule has 0 spiro atoms. The van der Waals surface area contributed by atoms with E-state index in [0.29, 0.717) is 19.4 Å². The number of nitrogens with zero attached hydrogens (tertiary/aromatic N) is 1. The molecule has 0 aliphatic carbocycles. The zero-order valence-corrected chi connectivity index (χ0v) is 15.4. The van der Waals surface area contributed by atoms with Crippen LogP contribution in [0.4, 0.5) is 0 Å². The number of carbonyl (C=O) groups is 3. The highest BCUT2D eigenvalue weighted by Gasteiger charge is 2.41. The Morgan fingerprint density at radius 2 is 1.88 bits per heavy atom. The maximum absolute atomic E-state index is 12.6. The average molecular weight is 342 g/mol. The molecule has 0 bridgehead atoms. The summed E-state index contributed by atoms with van der Waals surface area (Å²) in [6.07, 6.45) is 1.26. The van der Waals surface area contributed by atoms with Crippen molar-refractivity contribution in [2.24, 2.45) is 5.92 Å². The van der Waals surface area contributed by atoms with Crippen molar-refractivity contribution in [3.8, 4) is 0 Å². The molecule has 0 aromatic rings. The van der Waals surface area contributed by atoms with Crippen LogP contribution in [0.2, 0.25) is 0 Å². The summed E-state index contributed by atoms with van der Waals surface area (Å²) < 4.78 is 4.80. The number of ether oxygens (including phenoxy) is 1. The van der Waals surface area contributed by atoms with E-state index in [2.05, 4.69) is 16.1 Å². The Kier molecular flexibility index (Phi) is 7.16. The van der Waals surface area contributed by atoms with Gasteiger partial charge < -0.3 is 15.4 Å². The van der Waals surface area contributed by atoms with Crippen molar-refractivity contribution in [2.75, 3.05) is 20.7 Å². The second-order valence-electron chi connectivity index (χ2n) is 6.77. The van der Waals surface area contributed by atoms with Crippen LogP contribution >= 0.6 is 0 Å². The van der Waals surface area contributed by atoms with Gasteiger partial charge >= 0.3 is 5.97 Å². The van der Waals surface area contributed by atoms with Crippen LogP contribution in [0.1, 0.15) is 40.5 Å². The number of likely N-dealkylation sites (N-methyl/N-ethyl adjacent to an activating group) is 1. The summed E-state index contributed by atoms with van der Waals surface area (Å²) in [5, 5.41) is 7.08. The molecule has 0 aromatic heterocycles. The molecule has 0 saturated carbocycles. The van der Waals surface area contributed by atoms with Crippen LogP contribution in [0.15, 0.2) is 0 Å². The van der Waals surface area contributed by atoms with Crippen molar-refractivity contribution in [3.63, 3.8) is 0 Å². The van der Waals surface area contributed by atoms with E-state index in [1.54, 1.807) is 20.9 Å². The molecular formula is C16H30N4O4. The van der Waals surface area contributed by atoms with Crippen molar-refractivity contribution in [3.05, 3.63) is 0 Å². The van der Waals surface area contributed by atoms with Gasteiger partial charge in [-0.2, -0.15) is 0 Å². The lowest BCUT2D eigenvalue weighted by molar-refractivity contribution is -0.157. The Morgan fingerprint density at radius 1 is 1.25 bits per heavy atom. The molecule has 8 nitrogen and oxygen atoms in total. The molecule has 1 aliphatic rings. The van der Waals surface area contributed by atoms with Gasteiger partial charge in [-0.15, -0.1) is 0 Å². The zero-order valence-electron chi connectivity index (χ0n) is 15.4. The van der Waals surface area contributed by atoms with Crippen LogP contribution < -0.4 is 16.1 Å². The number of methoxy groups -OCH3 is 1. The van der Waals surface area contributed by atoms with E-state index in [1.807, 2.05) is 13.8 Å². The van der Waals surface area contributed by atoms with Crippen LogP contribution in [0.5, 0.6) is 0 Å². The monoisotopic (exact) mass is 342 g/mol. The predicted octanol–water partition coefficient (Wildman–Crippen LogP) is -0.206. The van der Waals surface area contributed by atoms with Crippen LogP contribution in [-0.4, -0.2) is 61.1 Å². The van der Waals surface area contributed by atoms with Gasteiger partial charge in [-0.1, -0.05) is 13.8 Å². The number of carbonyl (C=O) groups excluding carboxylic acids is 3. The number of nitrogens with one attached hydrogen (secondary N) is 3. The topological polar surface area (TPSA) is 99.8 Å². The van der Waals surface area contributed by atoms with Crippen molar-refractivity contribution in [2.45, 2.75) is 58.2 Å². The molecule has 0 radical (unpaired) electrons. The molecule has 1 heterocycles. The van der Waals surface area contributed by atoms with Crippen molar-refractivity contribution < 1.29 is 19.1 Å². The van der Waals surface area contributed by atoms with E-state index in [9.17, 15) is 14.4 Å². The fraction of sp³-hybridized carbons (Fsp3) is 0.812. The molecular weight excluding hydrogens is 312 g/mol. The molecule has 3 N–H and O–H groups in total. The number of hydrazine groups is 1. The van der Waals surface area contributed by atoms with Gasteiger partial charge in [0, 0.05) is 6.54 Å². The lowest BCUT2D eigenvalue weighted by Gasteiger charge is -2.40. The van der Waals surface area contributed by atoms with Crippen molar-refractivity contribution in [1.82, 2.24) is 21.1 Å². The number of rotatable bonds is 6. The minimum atomic E-state index is -0.933. The van der Waals surface area contributed by atoms with Crippen molar-refractivity contribution >= 4 is 17.8 Å². The quantitative estimate of drug-likeness (QED) is 0.578. The standard InChI is InChI=1S/C16H30N4O4/c1-10(2)12(17-5)13(21)18-11(3)14(22)20-9-7-8-16(4,19-20)15(23)24-6/h10-12,17,19H,7-9H2,1-6H3,(H,18,21)/t11-,12-,16?/m0/s1. The summed E-state index contributed by atoms with van der Waals surface area (Å²) in [5.74, 6) is -0.808. The molecule has 1 rings (SSSR count). The number of hydrogen-bond donors (Lipinski definition) is 3. The van der Waals surface area contributed by atoms with Crippen LogP contribution in [0.25, 0.3) is 0 Å². The molecule has 138 valence electrons. The SMILES string of the molecule is CN[C@H](C(=O)N[C@@H](C)C(=O)N1CCCC(C)(C(=O)OC)N1)C(C)C. The number of hydrogen-bond acceptors (Lipinski definition) is 6. The molecule has 3 atom stereocenters. The van der Waals surface area contributed by atoms with Gasteiger partial charge in [0.05, 0.1) is 13.2 Å². The predicted molar refractivity (Wildman–Crippen MR) is 89.8 cm³/mol. The van der Waals surface area contributed by atoms with Gasteiger partial charge in [-0.25, -0.2) is 5.43 Å². The third-order valence-corrected chi connectivity index (χ3v) is 4.33. The minimum absolute atomic E-state index is 0.105. The highest BCUT2D eigenvalue weighted by atomic mass is 16.5. The third kappa shape index (κ3) is 4.67. The van der Waals surface area contributed by atoms with E-state index in [1.165, 1.54) is 12.1 Å². The molecule has 1 saturated heterocycles. The van der Waals surface area contributed by atoms with Gasteiger partial charge in [0.2, 0.25) is 5.91 Å². The van der Waals surface area contributed by atoms with Crippen molar-refractivity contribution in [1.29, 1.82) is 0 Å². The Hall–Kier alpha value is -1.67. The summed E-state index contributed by atoms with van der Waals surface area (Å²) in [4.78, 5) is 36.8. The lowest BCUT2D eigenvalue weighted by atomic mass is 9.94. The fourth-order valence-corrected chi connectivity index (χ4v) is 2.90. The Labute approximate surface area is 143 Å². The van der Waals surface area contributed by atoms with Gasteiger partial charge in [0.25, 0.3) is 5.91 Å². The van der Waals surface area contributed by atoms with E-state index in [-0.39, 0.29) is 23.8 Å². The van der Waals surface area contributed by atoms with Crippen LogP contribution in [-0.2, 0) is 19.1 Å². The first-order valence-electron chi connectivity index (χ1n) is 8.31. The molecule has 2 amide bonds. The molecule has 1 aliphatic heterocycles. The van der Waals surface area contributed by atoms with Gasteiger partial charge in [-0.05, 0) is 39.7 Å². The first-order valence-corrected chi connectivity index (χ1v) is 8.31. The minimum Gasteiger partial charge on any atom is -0.468 e. The summed E-state index contributed by atoms with van der Waals surface area (Å²) in [7, 11) is 3.04. The largest absolute Gasteiger partial charge is 0.468 e. The maximum Gasteiger partial charge on any atom is 0.327 e. The highest BCUT2D eigenvalue weighted by molar-refractivity contribution is 5.90. The third-order valence-electron chi connectivity index (χ3n) is 4.33. The molecule has 0 aromatic carbocycles. The summed E-state index contributed by atoms with van der Waals surface area (Å²) >= 11 is 0. The van der Waals surface area contributed by atoms with E-state index >= 15 is 0 Å². The first kappa shape index (κ1) is 20.4. The lowest BCUT2D eigenvalue weighted by Crippen LogP contribution is -2.65. The normalized spacial score (nSPS) is 23.5. The Morgan fingerprint density at radius 3 is 2.38 bits per heavy atom. The fourth-order valence-electron chi connectivity index (χ4n) is 2.90. The van der Waals surface area contributed by atoms with Gasteiger partial charge in [-0.3, -0.25) is 19.4 Å². The smallest absolute Gasteiger partial charge is 0.327 e. The van der Waals surface area contributed by atoms with Gasteiger partial charge in [0.1, 0.15) is 11.6 Å². The number of amides is 2. The van der Waals surface area contributed by atoms with E-state index < -0.39 is 17.6 Å². The Balaban J connectivity index is 2.71. The molecule has 1 unspecified atom stereocenters. The summed E-state index contributed by atoms with van der Waals surface area (Å²) in [6, 6.07) is -1.06. The summed E-state index contributed by atoms with van der Waals surface area (Å²) in [6.45, 7) is 7.68. The van der Waals surface area contributed by atoms with Crippen LogP contribution in [0, 0.1) is 5.92 Å². The Bertz CT molecular complexity index is 483.